The van der Waals surface area contributed by atoms with E-state index in [-0.39, 0.29) is 5.56 Å². The number of H-pyrrole nitrogens is 1. The number of fused-ring (bicyclic) bond motifs is 1. The molecule has 0 amide bonds. The Hall–Kier alpha value is -2.01. The zero-order chi connectivity index (χ0) is 28.1. The molecule has 208 valence electrons. The number of aromatic amines is 1. The Labute approximate surface area is 205 Å². The Balaban J connectivity index is 1.97. The lowest BCUT2D eigenvalue weighted by atomic mass is 9.98. The lowest BCUT2D eigenvalue weighted by molar-refractivity contribution is -0.165. The van der Waals surface area contributed by atoms with E-state index in [1.165, 1.54) is 6.92 Å². The van der Waals surface area contributed by atoms with Crippen molar-refractivity contribution in [2.45, 2.75) is 45.3 Å². The van der Waals surface area contributed by atoms with Crippen molar-refractivity contribution in [3.63, 3.8) is 0 Å². The van der Waals surface area contributed by atoms with Gasteiger partial charge in [0, 0.05) is 25.6 Å². The minimum Gasteiger partial charge on any atom is -0.465 e. The van der Waals surface area contributed by atoms with Gasteiger partial charge in [-0.05, 0) is 6.92 Å². The number of ether oxygens (including phenoxy) is 3. The van der Waals surface area contributed by atoms with Crippen LogP contribution in [0.5, 0.6) is 0 Å². The van der Waals surface area contributed by atoms with Gasteiger partial charge in [0.25, 0.3) is 5.56 Å². The normalized spacial score (nSPS) is 30.0. The van der Waals surface area contributed by atoms with Crippen LogP contribution < -0.4 is 11.2 Å². The summed E-state index contributed by atoms with van der Waals surface area (Å²) in [7, 11) is -17.2. The molecule has 1 saturated carbocycles. The molecular weight excluding hydrogens is 573 g/mol. The molecule has 2 heterocycles. The van der Waals surface area contributed by atoms with Crippen LogP contribution in [0.3, 0.4) is 0 Å². The lowest BCUT2D eigenvalue weighted by Gasteiger charge is -2.30. The summed E-state index contributed by atoms with van der Waals surface area (Å²) in [5.74, 6) is -1.78. The van der Waals surface area contributed by atoms with Crippen LogP contribution in [-0.2, 0) is 50.6 Å². The molecule has 3 unspecified atom stereocenters. The van der Waals surface area contributed by atoms with Crippen molar-refractivity contribution in [3.05, 3.63) is 32.6 Å². The van der Waals surface area contributed by atoms with E-state index in [0.717, 1.165) is 24.6 Å². The summed E-state index contributed by atoms with van der Waals surface area (Å²) in [6.45, 7) is 2.66. The van der Waals surface area contributed by atoms with Gasteiger partial charge in [-0.2, -0.15) is 8.62 Å². The predicted octanol–water partition coefficient (Wildman–Crippen LogP) is -1.05. The van der Waals surface area contributed by atoms with Crippen LogP contribution in [0.1, 0.15) is 25.6 Å². The van der Waals surface area contributed by atoms with Crippen molar-refractivity contribution >= 4 is 35.4 Å². The molecule has 0 radical (unpaired) electrons. The molecule has 37 heavy (non-hydrogen) atoms. The number of hydrogen-bond donors (Lipinski definition) is 5. The molecule has 0 bridgehead atoms. The van der Waals surface area contributed by atoms with Crippen molar-refractivity contribution in [2.24, 2.45) is 5.41 Å². The monoisotopic (exact) mass is 594 g/mol. The molecule has 1 aliphatic carbocycles. The summed E-state index contributed by atoms with van der Waals surface area (Å²) in [4.78, 5) is 86.2. The second-order valence-corrected chi connectivity index (χ2v) is 12.3. The van der Waals surface area contributed by atoms with Crippen LogP contribution in [-0.4, -0.2) is 66.0 Å². The molecule has 19 nitrogen and oxygen atoms in total. The van der Waals surface area contributed by atoms with Gasteiger partial charge in [0.2, 0.25) is 0 Å². The summed E-state index contributed by atoms with van der Waals surface area (Å²) in [5, 5.41) is 0. The number of rotatable bonds is 10. The minimum absolute atomic E-state index is 0.0594. The summed E-state index contributed by atoms with van der Waals surface area (Å²) in [6.07, 6.45) is -4.96. The van der Waals surface area contributed by atoms with Crippen molar-refractivity contribution in [2.75, 3.05) is 6.61 Å². The fourth-order valence-corrected chi connectivity index (χ4v) is 7.05. The zero-order valence-electron chi connectivity index (χ0n) is 19.0. The van der Waals surface area contributed by atoms with E-state index in [4.69, 9.17) is 28.5 Å². The van der Waals surface area contributed by atoms with Crippen molar-refractivity contribution in [1.29, 1.82) is 0 Å². The number of carbonyl (C=O) groups excluding carboxylic acids is 2. The average Bonchev–Trinajstić information content (AvgIpc) is 3.13. The van der Waals surface area contributed by atoms with Gasteiger partial charge in [-0.1, -0.05) is 0 Å². The highest BCUT2D eigenvalue weighted by atomic mass is 31.3. The largest absolute Gasteiger partial charge is 0.490 e. The van der Waals surface area contributed by atoms with Crippen LogP contribution in [0.15, 0.2) is 15.8 Å². The molecule has 2 fully saturated rings. The molecule has 2 aliphatic rings. The molecule has 1 aliphatic heterocycles. The Morgan fingerprint density at radius 3 is 2.22 bits per heavy atom. The molecule has 0 aromatic carbocycles. The number of esters is 2. The van der Waals surface area contributed by atoms with E-state index in [1.807, 2.05) is 4.98 Å². The number of nitrogens with one attached hydrogen (secondary N) is 1. The van der Waals surface area contributed by atoms with Crippen LogP contribution >= 0.6 is 23.5 Å². The van der Waals surface area contributed by atoms with E-state index in [2.05, 4.69) is 8.62 Å². The molecule has 5 N–H and O–H groups in total. The van der Waals surface area contributed by atoms with Crippen LogP contribution in [0.25, 0.3) is 0 Å². The van der Waals surface area contributed by atoms with Gasteiger partial charge in [0.1, 0.15) is 24.2 Å². The second kappa shape index (κ2) is 9.94. The van der Waals surface area contributed by atoms with E-state index in [1.54, 1.807) is 0 Å². The van der Waals surface area contributed by atoms with E-state index in [9.17, 15) is 42.7 Å². The summed E-state index contributed by atoms with van der Waals surface area (Å²) < 4.78 is 63.8. The number of hydrogen-bond acceptors (Lipinski definition) is 13. The van der Waals surface area contributed by atoms with Gasteiger partial charge in [-0.25, -0.2) is 18.5 Å². The van der Waals surface area contributed by atoms with Gasteiger partial charge in [-0.15, -0.1) is 0 Å². The Kier molecular flexibility index (Phi) is 7.94. The molecular formula is C15H21N2O17P3. The SMILES string of the molecule is CC(=O)OC[C@]12C(OP(=O)(O)OP(=O)(O)OP(=O)(O)O)[C@H]1O[C@@H](n1cc(C)c(=O)[nH]c1=O)[C@@H]2OC(C)=O. The Morgan fingerprint density at radius 1 is 1.05 bits per heavy atom. The number of phosphoric acid groups is 3. The molecule has 3 rings (SSSR count). The van der Waals surface area contributed by atoms with Crippen LogP contribution in [0.2, 0.25) is 0 Å². The fraction of sp³-hybridized carbons (Fsp3) is 0.600. The second-order valence-electron chi connectivity index (χ2n) is 7.97. The smallest absolute Gasteiger partial charge is 0.465 e. The van der Waals surface area contributed by atoms with Crippen molar-refractivity contribution in [3.8, 4) is 0 Å². The summed E-state index contributed by atoms with van der Waals surface area (Å²) in [5.41, 5.74) is -3.42. The topological polar surface area (TPSA) is 277 Å². The van der Waals surface area contributed by atoms with Gasteiger partial charge in [0.15, 0.2) is 12.3 Å². The number of aryl methyl sites for hydroxylation is 1. The predicted molar refractivity (Wildman–Crippen MR) is 113 cm³/mol. The first-order valence-corrected chi connectivity index (χ1v) is 14.4. The number of phosphoric ester groups is 1. The maximum atomic E-state index is 12.4. The molecule has 1 saturated heterocycles. The average molecular weight is 594 g/mol. The summed E-state index contributed by atoms with van der Waals surface area (Å²) >= 11 is 0. The van der Waals surface area contributed by atoms with Crippen LogP contribution in [0.4, 0.5) is 0 Å². The molecule has 7 atom stereocenters. The Bertz CT molecular complexity index is 1360. The fourth-order valence-electron chi connectivity index (χ4n) is 3.80. The van der Waals surface area contributed by atoms with E-state index < -0.39 is 83.2 Å². The first-order valence-electron chi connectivity index (χ1n) is 9.88. The van der Waals surface area contributed by atoms with Gasteiger partial charge >= 0.3 is 41.1 Å². The highest BCUT2D eigenvalue weighted by Gasteiger charge is 2.81. The maximum Gasteiger partial charge on any atom is 0.490 e. The highest BCUT2D eigenvalue weighted by Crippen LogP contribution is 2.71. The summed E-state index contributed by atoms with van der Waals surface area (Å²) in [6, 6.07) is 0. The van der Waals surface area contributed by atoms with Crippen molar-refractivity contribution in [1.82, 2.24) is 9.55 Å². The number of nitrogens with zero attached hydrogens (tertiary/aromatic N) is 1. The third-order valence-corrected chi connectivity index (χ3v) is 9.02. The van der Waals surface area contributed by atoms with Gasteiger partial charge in [-0.3, -0.25) is 28.5 Å². The van der Waals surface area contributed by atoms with Crippen LogP contribution in [0, 0.1) is 12.3 Å². The minimum atomic E-state index is -5.85. The Morgan fingerprint density at radius 2 is 1.68 bits per heavy atom. The van der Waals surface area contributed by atoms with Crippen molar-refractivity contribution < 1.29 is 70.2 Å². The van der Waals surface area contributed by atoms with E-state index >= 15 is 0 Å². The zero-order valence-corrected chi connectivity index (χ0v) is 21.7. The molecule has 0 spiro atoms. The standard InChI is InChI=1S/C15H21N2O17P3/c1-6-4-17(14(21)16-12(6)20)13-11(30-8(3)19)15(5-29-7(2)18)9(31-13)10(15)32-36(25,26)34-37(27,28)33-35(22,23)24/h4,9-11,13H,5H2,1-3H3,(H,25,26)(H,27,28)(H,16,20,21)(H2,22,23,24)/t9-,10?,11+,13-,15-/m1/s1. The molecule has 22 heteroatoms. The van der Waals surface area contributed by atoms with Gasteiger partial charge in [0.05, 0.1) is 0 Å². The third kappa shape index (κ3) is 6.53. The first kappa shape index (κ1) is 29.5. The lowest BCUT2D eigenvalue weighted by Crippen LogP contribution is -2.44. The molecule has 1 aromatic heterocycles. The maximum absolute atomic E-state index is 12.4. The molecule has 1 aromatic rings. The quantitative estimate of drug-likeness (QED) is 0.160. The van der Waals surface area contributed by atoms with Gasteiger partial charge < -0.3 is 33.8 Å². The van der Waals surface area contributed by atoms with E-state index in [0.29, 0.717) is 0 Å². The number of aromatic nitrogens is 2. The first-order chi connectivity index (χ1) is 16.8. The third-order valence-electron chi connectivity index (χ3n) is 5.20. The number of carbonyl (C=O) groups is 2. The highest BCUT2D eigenvalue weighted by molar-refractivity contribution is 7.66.